The first-order valence-electron chi connectivity index (χ1n) is 6.81. The highest BCUT2D eigenvalue weighted by atomic mass is 16.5. The largest absolute Gasteiger partial charge is 0.507 e. The number of para-hydroxylation sites is 1. The molecule has 108 valence electrons. The van der Waals surface area contributed by atoms with Gasteiger partial charge in [0.05, 0.1) is 0 Å². The van der Waals surface area contributed by atoms with Crippen LogP contribution in [0.15, 0.2) is 24.3 Å². The Balaban J connectivity index is 1.87. The smallest absolute Gasteiger partial charge is 0.342 e. The van der Waals surface area contributed by atoms with Crippen molar-refractivity contribution in [3.63, 3.8) is 0 Å². The van der Waals surface area contributed by atoms with Gasteiger partial charge in [-0.3, -0.25) is 4.79 Å². The van der Waals surface area contributed by atoms with E-state index in [4.69, 9.17) is 4.74 Å². The number of hydrogen-bond acceptors (Lipinski definition) is 4. The van der Waals surface area contributed by atoms with Crippen molar-refractivity contribution in [3.05, 3.63) is 29.8 Å². The van der Waals surface area contributed by atoms with Gasteiger partial charge in [0.15, 0.2) is 6.61 Å². The number of carbonyl (C=O) groups is 2. The predicted molar refractivity (Wildman–Crippen MR) is 73.4 cm³/mol. The lowest BCUT2D eigenvalue weighted by Crippen LogP contribution is -2.41. The Labute approximate surface area is 118 Å². The lowest BCUT2D eigenvalue weighted by molar-refractivity contribution is -0.136. The van der Waals surface area contributed by atoms with E-state index in [1.807, 2.05) is 0 Å². The second-order valence-electron chi connectivity index (χ2n) is 5.18. The van der Waals surface area contributed by atoms with E-state index in [1.54, 1.807) is 17.0 Å². The fraction of sp³-hybridized carbons (Fsp3) is 0.467. The van der Waals surface area contributed by atoms with E-state index in [-0.39, 0.29) is 23.8 Å². The van der Waals surface area contributed by atoms with Crippen molar-refractivity contribution in [2.45, 2.75) is 19.8 Å². The number of phenolic OH excluding ortho intramolecular Hbond substituents is 1. The monoisotopic (exact) mass is 277 g/mol. The molecule has 1 atom stereocenters. The Morgan fingerprint density at radius 3 is 2.85 bits per heavy atom. The highest BCUT2D eigenvalue weighted by Gasteiger charge is 2.22. The Morgan fingerprint density at radius 2 is 2.15 bits per heavy atom. The summed E-state index contributed by atoms with van der Waals surface area (Å²) in [7, 11) is 0. The molecule has 0 spiro atoms. The molecule has 5 nitrogen and oxygen atoms in total. The molecule has 5 heteroatoms. The van der Waals surface area contributed by atoms with Crippen LogP contribution < -0.4 is 0 Å². The first kappa shape index (κ1) is 14.4. The standard InChI is InChI=1S/C15H19NO4/c1-11-5-4-8-16(9-11)14(18)10-20-15(19)12-6-2-3-7-13(12)17/h2-3,6-7,11,17H,4-5,8-10H2,1H3/t11-/m0/s1. The summed E-state index contributed by atoms with van der Waals surface area (Å²) >= 11 is 0. The topological polar surface area (TPSA) is 66.8 Å². The number of likely N-dealkylation sites (tertiary alicyclic amines) is 1. The van der Waals surface area contributed by atoms with Crippen molar-refractivity contribution in [2.24, 2.45) is 5.92 Å². The van der Waals surface area contributed by atoms with Crippen LogP contribution in [0.1, 0.15) is 30.1 Å². The summed E-state index contributed by atoms with van der Waals surface area (Å²) in [6.45, 7) is 3.26. The van der Waals surface area contributed by atoms with Gasteiger partial charge in [0.25, 0.3) is 5.91 Å². The normalized spacial score (nSPS) is 18.6. The second-order valence-corrected chi connectivity index (χ2v) is 5.18. The summed E-state index contributed by atoms with van der Waals surface area (Å²) in [5.74, 6) is -0.514. The molecule has 1 aliphatic heterocycles. The fourth-order valence-electron chi connectivity index (χ4n) is 2.36. The molecule has 0 aliphatic carbocycles. The Bertz CT molecular complexity index is 500. The van der Waals surface area contributed by atoms with Crippen molar-refractivity contribution in [2.75, 3.05) is 19.7 Å². The first-order chi connectivity index (χ1) is 9.58. The molecule has 0 unspecified atom stereocenters. The maximum atomic E-state index is 12.0. The van der Waals surface area contributed by atoms with Gasteiger partial charge in [-0.15, -0.1) is 0 Å². The number of rotatable bonds is 3. The Morgan fingerprint density at radius 1 is 1.40 bits per heavy atom. The summed E-state index contributed by atoms with van der Waals surface area (Å²) in [6, 6.07) is 6.12. The average Bonchev–Trinajstić information content (AvgIpc) is 2.45. The van der Waals surface area contributed by atoms with Gasteiger partial charge in [-0.2, -0.15) is 0 Å². The number of aromatic hydroxyl groups is 1. The summed E-state index contributed by atoms with van der Waals surface area (Å²) in [6.07, 6.45) is 2.11. The molecule has 0 saturated carbocycles. The van der Waals surface area contributed by atoms with Crippen LogP contribution in [0.4, 0.5) is 0 Å². The van der Waals surface area contributed by atoms with Crippen molar-refractivity contribution < 1.29 is 19.4 Å². The third-order valence-electron chi connectivity index (χ3n) is 3.46. The molecule has 1 aromatic rings. The van der Waals surface area contributed by atoms with Crippen molar-refractivity contribution in [3.8, 4) is 5.75 Å². The zero-order valence-corrected chi connectivity index (χ0v) is 11.5. The fourth-order valence-corrected chi connectivity index (χ4v) is 2.36. The summed E-state index contributed by atoms with van der Waals surface area (Å²) in [5.41, 5.74) is 0.0762. The van der Waals surface area contributed by atoms with E-state index in [0.29, 0.717) is 12.5 Å². The summed E-state index contributed by atoms with van der Waals surface area (Å²) in [5, 5.41) is 9.53. The van der Waals surface area contributed by atoms with Gasteiger partial charge in [0.2, 0.25) is 0 Å². The number of esters is 1. The molecule has 0 radical (unpaired) electrons. The molecule has 0 aromatic heterocycles. The van der Waals surface area contributed by atoms with E-state index >= 15 is 0 Å². The minimum absolute atomic E-state index is 0.0762. The highest BCUT2D eigenvalue weighted by molar-refractivity contribution is 5.93. The molecule has 1 heterocycles. The number of phenols is 1. The van der Waals surface area contributed by atoms with E-state index in [2.05, 4.69) is 6.92 Å². The maximum Gasteiger partial charge on any atom is 0.342 e. The SMILES string of the molecule is C[C@H]1CCCN(C(=O)COC(=O)c2ccccc2O)C1. The average molecular weight is 277 g/mol. The molecule has 2 rings (SSSR count). The van der Waals surface area contributed by atoms with Gasteiger partial charge in [0, 0.05) is 13.1 Å². The van der Waals surface area contributed by atoms with Crippen LogP contribution >= 0.6 is 0 Å². The Kier molecular flexibility index (Phi) is 4.61. The zero-order valence-electron chi connectivity index (χ0n) is 11.5. The van der Waals surface area contributed by atoms with Gasteiger partial charge in [-0.05, 0) is 30.9 Å². The molecule has 1 saturated heterocycles. The molecule has 20 heavy (non-hydrogen) atoms. The molecule has 1 fully saturated rings. The Hall–Kier alpha value is -2.04. The van der Waals surface area contributed by atoms with Crippen LogP contribution in [-0.4, -0.2) is 41.6 Å². The lowest BCUT2D eigenvalue weighted by atomic mass is 10.0. The summed E-state index contributed by atoms with van der Waals surface area (Å²) in [4.78, 5) is 25.4. The lowest BCUT2D eigenvalue weighted by Gasteiger charge is -2.30. The van der Waals surface area contributed by atoms with E-state index in [9.17, 15) is 14.7 Å². The van der Waals surface area contributed by atoms with Gasteiger partial charge in [0.1, 0.15) is 11.3 Å². The first-order valence-corrected chi connectivity index (χ1v) is 6.81. The minimum Gasteiger partial charge on any atom is -0.507 e. The number of benzene rings is 1. The molecule has 1 aliphatic rings. The molecule has 1 N–H and O–H groups in total. The van der Waals surface area contributed by atoms with Crippen molar-refractivity contribution in [1.29, 1.82) is 0 Å². The van der Waals surface area contributed by atoms with Gasteiger partial charge in [-0.1, -0.05) is 19.1 Å². The third-order valence-corrected chi connectivity index (χ3v) is 3.46. The van der Waals surface area contributed by atoms with E-state index < -0.39 is 5.97 Å². The molecular weight excluding hydrogens is 258 g/mol. The van der Waals surface area contributed by atoms with Crippen LogP contribution in [-0.2, 0) is 9.53 Å². The number of carbonyl (C=O) groups excluding carboxylic acids is 2. The minimum atomic E-state index is -0.679. The number of nitrogens with zero attached hydrogens (tertiary/aromatic N) is 1. The molecule has 1 amide bonds. The van der Waals surface area contributed by atoms with Gasteiger partial charge >= 0.3 is 5.97 Å². The highest BCUT2D eigenvalue weighted by Crippen LogP contribution is 2.17. The van der Waals surface area contributed by atoms with Crippen LogP contribution in [0.2, 0.25) is 0 Å². The van der Waals surface area contributed by atoms with Crippen LogP contribution in [0.25, 0.3) is 0 Å². The summed E-state index contributed by atoms with van der Waals surface area (Å²) < 4.78 is 4.97. The molecule has 1 aromatic carbocycles. The van der Waals surface area contributed by atoms with Crippen LogP contribution in [0.3, 0.4) is 0 Å². The van der Waals surface area contributed by atoms with Gasteiger partial charge in [-0.25, -0.2) is 4.79 Å². The number of amides is 1. The predicted octanol–water partition coefficient (Wildman–Crippen LogP) is 1.81. The van der Waals surface area contributed by atoms with Crippen LogP contribution in [0, 0.1) is 5.92 Å². The van der Waals surface area contributed by atoms with Crippen molar-refractivity contribution in [1.82, 2.24) is 4.90 Å². The third kappa shape index (κ3) is 3.50. The van der Waals surface area contributed by atoms with Crippen LogP contribution in [0.5, 0.6) is 5.75 Å². The zero-order chi connectivity index (χ0) is 14.5. The van der Waals surface area contributed by atoms with Gasteiger partial charge < -0.3 is 14.7 Å². The number of ether oxygens (including phenoxy) is 1. The maximum absolute atomic E-state index is 12.0. The molecule has 0 bridgehead atoms. The number of hydrogen-bond donors (Lipinski definition) is 1. The molecular formula is C15H19NO4. The quantitative estimate of drug-likeness (QED) is 0.856. The second kappa shape index (κ2) is 6.41. The number of piperidine rings is 1. The van der Waals surface area contributed by atoms with E-state index in [0.717, 1.165) is 19.4 Å². The van der Waals surface area contributed by atoms with E-state index in [1.165, 1.54) is 12.1 Å². The van der Waals surface area contributed by atoms with Crippen molar-refractivity contribution >= 4 is 11.9 Å².